The van der Waals surface area contributed by atoms with Gasteiger partial charge in [0.05, 0.1) is 30.1 Å². The molecule has 0 amide bonds. The zero-order chi connectivity index (χ0) is 19.3. The van der Waals surface area contributed by atoms with Gasteiger partial charge >= 0.3 is 11.9 Å². The van der Waals surface area contributed by atoms with Crippen LogP contribution in [-0.2, 0) is 14.3 Å². The Morgan fingerprint density at radius 3 is 2.54 bits per heavy atom. The molecule has 0 saturated heterocycles. The predicted octanol–water partition coefficient (Wildman–Crippen LogP) is 1.80. The molecule has 0 saturated carbocycles. The van der Waals surface area contributed by atoms with Crippen molar-refractivity contribution < 1.29 is 24.0 Å². The van der Waals surface area contributed by atoms with Gasteiger partial charge in [-0.3, -0.25) is 14.9 Å². The highest BCUT2D eigenvalue weighted by Gasteiger charge is 2.25. The van der Waals surface area contributed by atoms with E-state index in [1.54, 1.807) is 6.92 Å². The van der Waals surface area contributed by atoms with Crippen LogP contribution in [0.3, 0.4) is 0 Å². The summed E-state index contributed by atoms with van der Waals surface area (Å²) in [5.41, 5.74) is 6.40. The minimum atomic E-state index is -0.675. The van der Waals surface area contributed by atoms with Gasteiger partial charge < -0.3 is 15.2 Å². The molecule has 10 nitrogen and oxygen atoms in total. The molecule has 0 aliphatic heterocycles. The van der Waals surface area contributed by atoms with Crippen molar-refractivity contribution in [2.45, 2.75) is 11.9 Å². The van der Waals surface area contributed by atoms with Gasteiger partial charge in [0.25, 0.3) is 5.69 Å². The van der Waals surface area contributed by atoms with E-state index >= 15 is 0 Å². The molecule has 2 N–H and O–H groups in total. The number of methoxy groups -OCH3 is 1. The maximum Gasteiger partial charge on any atom is 0.344 e. The zero-order valence-corrected chi connectivity index (χ0v) is 14.8. The summed E-state index contributed by atoms with van der Waals surface area (Å²) in [5, 5.41) is 15.2. The molecule has 0 spiro atoms. The Morgan fingerprint density at radius 1 is 1.35 bits per heavy atom. The number of hydrogen-bond donors (Lipinski definition) is 1. The summed E-state index contributed by atoms with van der Waals surface area (Å²) in [4.78, 5) is 33.8. The quantitative estimate of drug-likeness (QED) is 0.329. The normalized spacial score (nSPS) is 10.4. The Balaban J connectivity index is 2.44. The Kier molecular flexibility index (Phi) is 6.17. The molecule has 0 aliphatic rings. The molecule has 138 valence electrons. The first-order chi connectivity index (χ1) is 12.4. The zero-order valence-electron chi connectivity index (χ0n) is 14.0. The third-order valence-electron chi connectivity index (χ3n) is 3.23. The maximum atomic E-state index is 12.2. The molecular weight excluding hydrogens is 364 g/mol. The summed E-state index contributed by atoms with van der Waals surface area (Å²) in [6, 6.07) is 5.49. The third kappa shape index (κ3) is 4.11. The number of esters is 2. The summed E-state index contributed by atoms with van der Waals surface area (Å²) in [6.45, 7) is 1.79. The van der Waals surface area contributed by atoms with Crippen LogP contribution in [0.5, 0.6) is 0 Å². The Hall–Kier alpha value is -3.08. The number of nitrogens with two attached hydrogens (primary N) is 1. The van der Waals surface area contributed by atoms with Gasteiger partial charge in [-0.1, -0.05) is 11.8 Å². The monoisotopic (exact) mass is 380 g/mol. The molecule has 0 bridgehead atoms. The standard InChI is InChI=1S/C15H16N4O6S/c1-3-25-15(21)12-13(16)18(17-14(12)26-8-11(20)24-2)9-4-6-10(7-5-9)19(22)23/h4-7H,3,8,16H2,1-2H3. The topological polar surface area (TPSA) is 140 Å². The molecule has 0 unspecified atom stereocenters. The summed E-state index contributed by atoms with van der Waals surface area (Å²) < 4.78 is 10.8. The molecule has 2 aromatic rings. The number of non-ortho nitro benzene ring substituents is 1. The van der Waals surface area contributed by atoms with Crippen LogP contribution in [0.2, 0.25) is 0 Å². The minimum Gasteiger partial charge on any atom is -0.468 e. The number of nitro benzene ring substituents is 1. The van der Waals surface area contributed by atoms with Crippen molar-refractivity contribution in [1.29, 1.82) is 0 Å². The van der Waals surface area contributed by atoms with Crippen LogP contribution in [0.4, 0.5) is 11.5 Å². The highest BCUT2D eigenvalue weighted by atomic mass is 32.2. The van der Waals surface area contributed by atoms with Crippen LogP contribution in [0.25, 0.3) is 5.69 Å². The molecule has 26 heavy (non-hydrogen) atoms. The van der Waals surface area contributed by atoms with E-state index < -0.39 is 16.9 Å². The predicted molar refractivity (Wildman–Crippen MR) is 93.3 cm³/mol. The molecular formula is C15H16N4O6S. The first-order valence-electron chi connectivity index (χ1n) is 7.39. The number of aromatic nitrogens is 2. The van der Waals surface area contributed by atoms with Gasteiger partial charge in [-0.15, -0.1) is 0 Å². The smallest absolute Gasteiger partial charge is 0.344 e. The number of nitro groups is 1. The molecule has 0 atom stereocenters. The lowest BCUT2D eigenvalue weighted by Crippen LogP contribution is -2.10. The average Bonchev–Trinajstić information content (AvgIpc) is 2.96. The van der Waals surface area contributed by atoms with Crippen LogP contribution in [0.1, 0.15) is 17.3 Å². The van der Waals surface area contributed by atoms with Gasteiger partial charge in [-0.2, -0.15) is 5.10 Å². The second-order valence-corrected chi connectivity index (χ2v) is 5.80. The fourth-order valence-corrected chi connectivity index (χ4v) is 2.85. The van der Waals surface area contributed by atoms with Crippen LogP contribution in [0.15, 0.2) is 29.3 Å². The van der Waals surface area contributed by atoms with E-state index in [-0.39, 0.29) is 34.5 Å². The molecule has 2 rings (SSSR count). The first kappa shape index (κ1) is 19.2. The summed E-state index contributed by atoms with van der Waals surface area (Å²) in [7, 11) is 1.25. The molecule has 1 aromatic carbocycles. The molecule has 0 radical (unpaired) electrons. The number of carbonyl (C=O) groups excluding carboxylic acids is 2. The number of benzene rings is 1. The van der Waals surface area contributed by atoms with E-state index in [0.29, 0.717) is 5.69 Å². The van der Waals surface area contributed by atoms with Crippen molar-refractivity contribution in [1.82, 2.24) is 9.78 Å². The molecule has 0 aliphatic carbocycles. The second-order valence-electron chi connectivity index (χ2n) is 4.84. The Morgan fingerprint density at radius 2 is 2.00 bits per heavy atom. The number of carbonyl (C=O) groups is 2. The van der Waals surface area contributed by atoms with Gasteiger partial charge in [0.15, 0.2) is 0 Å². The molecule has 0 fully saturated rings. The van der Waals surface area contributed by atoms with Crippen molar-refractivity contribution in [2.75, 3.05) is 25.2 Å². The van der Waals surface area contributed by atoms with Crippen LogP contribution in [0, 0.1) is 10.1 Å². The third-order valence-corrected chi connectivity index (χ3v) is 4.17. The minimum absolute atomic E-state index is 0.00432. The summed E-state index contributed by atoms with van der Waals surface area (Å²) in [5.74, 6) is -1.23. The lowest BCUT2D eigenvalue weighted by atomic mass is 10.3. The van der Waals surface area contributed by atoms with Gasteiger partial charge in [0.1, 0.15) is 16.4 Å². The number of anilines is 1. The number of hydrogen-bond acceptors (Lipinski definition) is 9. The van der Waals surface area contributed by atoms with E-state index in [0.717, 1.165) is 11.8 Å². The van der Waals surface area contributed by atoms with Gasteiger partial charge in [-0.25, -0.2) is 9.48 Å². The number of nitrogen functional groups attached to an aromatic ring is 1. The first-order valence-corrected chi connectivity index (χ1v) is 8.37. The highest BCUT2D eigenvalue weighted by molar-refractivity contribution is 8.00. The van der Waals surface area contributed by atoms with Crippen molar-refractivity contribution in [3.63, 3.8) is 0 Å². The number of rotatable bonds is 7. The molecule has 1 heterocycles. The van der Waals surface area contributed by atoms with E-state index in [2.05, 4.69) is 9.84 Å². The van der Waals surface area contributed by atoms with E-state index in [1.807, 2.05) is 0 Å². The molecule has 11 heteroatoms. The lowest BCUT2D eigenvalue weighted by Gasteiger charge is -2.05. The van der Waals surface area contributed by atoms with Gasteiger partial charge in [0, 0.05) is 12.1 Å². The Bertz CT molecular complexity index is 833. The maximum absolute atomic E-state index is 12.2. The van der Waals surface area contributed by atoms with Crippen molar-refractivity contribution in [3.05, 3.63) is 39.9 Å². The van der Waals surface area contributed by atoms with Crippen LogP contribution < -0.4 is 5.73 Å². The van der Waals surface area contributed by atoms with Gasteiger partial charge in [-0.05, 0) is 19.1 Å². The lowest BCUT2D eigenvalue weighted by molar-refractivity contribution is -0.384. The molecule has 1 aromatic heterocycles. The summed E-state index contributed by atoms with van der Waals surface area (Å²) >= 11 is 0.976. The van der Waals surface area contributed by atoms with E-state index in [4.69, 9.17) is 10.5 Å². The summed E-state index contributed by atoms with van der Waals surface area (Å²) in [6.07, 6.45) is 0. The highest BCUT2D eigenvalue weighted by Crippen LogP contribution is 2.30. The number of ether oxygens (including phenoxy) is 2. The SMILES string of the molecule is CCOC(=O)c1c(SCC(=O)OC)nn(-c2ccc([N+](=O)[O-])cc2)c1N. The van der Waals surface area contributed by atoms with Crippen LogP contribution >= 0.6 is 11.8 Å². The van der Waals surface area contributed by atoms with E-state index in [9.17, 15) is 19.7 Å². The average molecular weight is 380 g/mol. The fraction of sp³-hybridized carbons (Fsp3) is 0.267. The Labute approximate surface area is 152 Å². The second kappa shape index (κ2) is 8.34. The van der Waals surface area contributed by atoms with Crippen molar-refractivity contribution in [3.8, 4) is 5.69 Å². The van der Waals surface area contributed by atoms with Gasteiger partial charge in [0.2, 0.25) is 0 Å². The van der Waals surface area contributed by atoms with Crippen molar-refractivity contribution >= 4 is 35.2 Å². The van der Waals surface area contributed by atoms with Crippen molar-refractivity contribution in [2.24, 2.45) is 0 Å². The number of nitrogens with zero attached hydrogens (tertiary/aromatic N) is 3. The van der Waals surface area contributed by atoms with E-state index in [1.165, 1.54) is 36.1 Å². The number of thioether (sulfide) groups is 1. The van der Waals surface area contributed by atoms with Crippen LogP contribution in [-0.4, -0.2) is 46.1 Å². The largest absolute Gasteiger partial charge is 0.468 e. The fourth-order valence-electron chi connectivity index (χ4n) is 2.00.